The van der Waals surface area contributed by atoms with E-state index in [1.807, 2.05) is 0 Å². The van der Waals surface area contributed by atoms with Crippen LogP contribution in [0.1, 0.15) is 0 Å². The van der Waals surface area contributed by atoms with Gasteiger partial charge in [-0.3, -0.25) is 14.5 Å². The third-order valence-electron chi connectivity index (χ3n) is 2.57. The Kier molecular flexibility index (Phi) is 5.48. The molecule has 0 aromatic carbocycles. The van der Waals surface area contributed by atoms with E-state index < -0.39 is 41.8 Å². The van der Waals surface area contributed by atoms with Gasteiger partial charge < -0.3 is 5.32 Å². The van der Waals surface area contributed by atoms with Gasteiger partial charge >= 0.3 is 30.2 Å². The number of alkyl halides is 11. The molecule has 1 unspecified atom stereocenters. The lowest BCUT2D eigenvalue weighted by molar-refractivity contribution is -0.472. The normalized spacial score (nSPS) is 16.1. The third-order valence-corrected chi connectivity index (χ3v) is 2.57. The molecule has 0 bridgehead atoms. The van der Waals surface area contributed by atoms with Crippen molar-refractivity contribution < 1.29 is 57.8 Å². The third kappa shape index (κ3) is 3.96. The Morgan fingerprint density at radius 2 is 1.46 bits per heavy atom. The molecule has 1 aromatic heterocycles. The number of anilines is 1. The maximum absolute atomic E-state index is 13.8. The van der Waals surface area contributed by atoms with Crippen LogP contribution in [-0.4, -0.2) is 41.1 Å². The average Bonchev–Trinajstić information content (AvgIpc) is 2.45. The predicted molar refractivity (Wildman–Crippen MR) is 59.8 cm³/mol. The van der Waals surface area contributed by atoms with E-state index in [4.69, 9.17) is 0 Å². The van der Waals surface area contributed by atoms with Gasteiger partial charge in [-0.25, -0.2) is 0 Å². The summed E-state index contributed by atoms with van der Waals surface area (Å²) in [5.41, 5.74) is -0.724. The largest absolute Gasteiger partial charge is 0.462 e. The molecule has 1 N–H and O–H groups in total. The highest BCUT2D eigenvalue weighted by atomic mass is 19.4. The molecule has 148 valence electrons. The van der Waals surface area contributed by atoms with Crippen LogP contribution in [-0.2, 0) is 9.53 Å². The van der Waals surface area contributed by atoms with Crippen molar-refractivity contribution in [2.24, 2.45) is 0 Å². The number of ether oxygens (including phenoxy) is 1. The summed E-state index contributed by atoms with van der Waals surface area (Å²) in [6.45, 7) is 0. The number of nitrogens with zero attached hydrogens (tertiary/aromatic N) is 1. The molecule has 1 heterocycles. The van der Waals surface area contributed by atoms with Crippen LogP contribution in [0.15, 0.2) is 24.5 Å². The summed E-state index contributed by atoms with van der Waals surface area (Å²) in [5, 5.41) is 1.02. The van der Waals surface area contributed by atoms with Gasteiger partial charge in [0.15, 0.2) is 0 Å². The first kappa shape index (κ1) is 21.9. The van der Waals surface area contributed by atoms with Gasteiger partial charge in [-0.2, -0.15) is 48.3 Å². The maximum Gasteiger partial charge on any atom is 0.462 e. The molecule has 4 nitrogen and oxygen atoms in total. The monoisotopic (exact) mass is 406 g/mol. The van der Waals surface area contributed by atoms with Crippen molar-refractivity contribution >= 4 is 11.6 Å². The summed E-state index contributed by atoms with van der Waals surface area (Å²) in [6, 6.07) is 1.76. The zero-order chi connectivity index (χ0) is 20.6. The second-order valence-electron chi connectivity index (χ2n) is 4.48. The fourth-order valence-corrected chi connectivity index (χ4v) is 1.29. The Labute approximate surface area is 135 Å². The van der Waals surface area contributed by atoms with E-state index in [0.717, 1.165) is 23.6 Å². The number of hydrogen-bond acceptors (Lipinski definition) is 3. The average molecular weight is 406 g/mol. The molecule has 0 aliphatic heterocycles. The molecule has 1 amide bonds. The van der Waals surface area contributed by atoms with E-state index in [1.54, 1.807) is 0 Å². The summed E-state index contributed by atoms with van der Waals surface area (Å²) in [7, 11) is 0. The number of aromatic nitrogens is 1. The molecular formula is C11H5F11N2O2. The standard InChI is InChI=1S/C11H5F11N2O2/c12-7(9(15,16)17,6(25)24-5-2-1-3-23-4-5)26-11(21,22)8(13,14)10(18,19)20/h1-4H,(H,24,25). The Morgan fingerprint density at radius 1 is 0.923 bits per heavy atom. The number of nitrogens with one attached hydrogen (secondary N) is 1. The number of carbonyl (C=O) groups excluding carboxylic acids is 1. The second kappa shape index (κ2) is 6.51. The van der Waals surface area contributed by atoms with Crippen LogP contribution in [0.3, 0.4) is 0 Å². The van der Waals surface area contributed by atoms with E-state index in [1.165, 1.54) is 0 Å². The molecule has 0 saturated carbocycles. The van der Waals surface area contributed by atoms with Crippen molar-refractivity contribution in [1.82, 2.24) is 4.98 Å². The Morgan fingerprint density at radius 3 is 1.85 bits per heavy atom. The van der Waals surface area contributed by atoms with Crippen LogP contribution in [0, 0.1) is 0 Å². The number of pyridine rings is 1. The van der Waals surface area contributed by atoms with Crippen molar-refractivity contribution in [3.05, 3.63) is 24.5 Å². The van der Waals surface area contributed by atoms with Gasteiger partial charge in [0, 0.05) is 6.20 Å². The molecule has 0 fully saturated rings. The first-order valence-electron chi connectivity index (χ1n) is 5.95. The molecule has 1 rings (SSSR count). The first-order chi connectivity index (χ1) is 11.5. The van der Waals surface area contributed by atoms with E-state index in [2.05, 4.69) is 9.72 Å². The van der Waals surface area contributed by atoms with E-state index in [-0.39, 0.29) is 0 Å². The lowest BCUT2D eigenvalue weighted by Gasteiger charge is -2.34. The number of halogens is 11. The highest BCUT2D eigenvalue weighted by molar-refractivity contribution is 5.96. The molecule has 26 heavy (non-hydrogen) atoms. The number of carbonyl (C=O) groups is 1. The summed E-state index contributed by atoms with van der Waals surface area (Å²) in [4.78, 5) is 14.6. The minimum atomic E-state index is -7.24. The highest BCUT2D eigenvalue weighted by Crippen LogP contribution is 2.51. The maximum atomic E-state index is 13.8. The summed E-state index contributed by atoms with van der Waals surface area (Å²) < 4.78 is 141. The molecule has 0 spiro atoms. The smallest absolute Gasteiger partial charge is 0.319 e. The van der Waals surface area contributed by atoms with Crippen LogP contribution in [0.2, 0.25) is 0 Å². The van der Waals surface area contributed by atoms with Crippen LogP contribution < -0.4 is 5.32 Å². The molecule has 1 aromatic rings. The van der Waals surface area contributed by atoms with Crippen LogP contribution in [0.25, 0.3) is 0 Å². The van der Waals surface area contributed by atoms with Crippen molar-refractivity contribution in [2.45, 2.75) is 30.2 Å². The van der Waals surface area contributed by atoms with Gasteiger partial charge in [0.05, 0.1) is 11.9 Å². The topological polar surface area (TPSA) is 51.2 Å². The zero-order valence-corrected chi connectivity index (χ0v) is 11.7. The van der Waals surface area contributed by atoms with Crippen molar-refractivity contribution in [1.29, 1.82) is 0 Å². The SMILES string of the molecule is O=C(Nc1cccnc1)C(F)(OC(F)(F)C(F)(F)C(F)(F)F)C(F)(F)F. The van der Waals surface area contributed by atoms with Crippen molar-refractivity contribution in [3.8, 4) is 0 Å². The summed E-state index contributed by atoms with van der Waals surface area (Å²) in [6.07, 6.45) is -19.3. The zero-order valence-electron chi connectivity index (χ0n) is 11.7. The minimum absolute atomic E-state index is 0.594. The number of amides is 1. The molecule has 0 radical (unpaired) electrons. The molecule has 15 heteroatoms. The van der Waals surface area contributed by atoms with Gasteiger partial charge in [0.25, 0.3) is 5.91 Å². The molecule has 0 aliphatic carbocycles. The fourth-order valence-electron chi connectivity index (χ4n) is 1.29. The fraction of sp³-hybridized carbons (Fsp3) is 0.455. The van der Waals surface area contributed by atoms with Crippen LogP contribution in [0.4, 0.5) is 54.0 Å². The van der Waals surface area contributed by atoms with Gasteiger partial charge in [0.1, 0.15) is 0 Å². The predicted octanol–water partition coefficient (Wildman–Crippen LogP) is 4.06. The van der Waals surface area contributed by atoms with Gasteiger partial charge in [-0.15, -0.1) is 0 Å². The van der Waals surface area contributed by atoms with Crippen LogP contribution in [0.5, 0.6) is 0 Å². The van der Waals surface area contributed by atoms with Gasteiger partial charge in [-0.05, 0) is 12.1 Å². The Hall–Kier alpha value is -2.19. The van der Waals surface area contributed by atoms with Gasteiger partial charge in [0.2, 0.25) is 0 Å². The lowest BCUT2D eigenvalue weighted by Crippen LogP contribution is -2.62. The van der Waals surface area contributed by atoms with E-state index >= 15 is 0 Å². The second-order valence-corrected chi connectivity index (χ2v) is 4.48. The molecular weight excluding hydrogens is 401 g/mol. The van der Waals surface area contributed by atoms with Crippen LogP contribution >= 0.6 is 0 Å². The first-order valence-corrected chi connectivity index (χ1v) is 5.95. The summed E-state index contributed by atoms with van der Waals surface area (Å²) >= 11 is 0. The van der Waals surface area contributed by atoms with Crippen molar-refractivity contribution in [3.63, 3.8) is 0 Å². The van der Waals surface area contributed by atoms with Gasteiger partial charge in [-0.1, -0.05) is 0 Å². The highest BCUT2D eigenvalue weighted by Gasteiger charge is 2.79. The quantitative estimate of drug-likeness (QED) is 0.751. The Bertz CT molecular complexity index is 644. The molecule has 1 atom stereocenters. The minimum Gasteiger partial charge on any atom is -0.319 e. The molecule has 0 aliphatic rings. The van der Waals surface area contributed by atoms with Crippen molar-refractivity contribution in [2.75, 3.05) is 5.32 Å². The Balaban J connectivity index is 3.27. The number of rotatable bonds is 5. The summed E-state index contributed by atoms with van der Waals surface area (Å²) in [5.74, 6) is -16.6. The number of hydrogen-bond donors (Lipinski definition) is 1. The molecule has 0 saturated heterocycles. The van der Waals surface area contributed by atoms with E-state index in [0.29, 0.717) is 6.20 Å². The lowest BCUT2D eigenvalue weighted by atomic mass is 10.2. The van der Waals surface area contributed by atoms with E-state index in [9.17, 15) is 53.1 Å².